The quantitative estimate of drug-likeness (QED) is 0.779. The molecule has 6 heteroatoms. The Kier molecular flexibility index (Phi) is 4.77. The fourth-order valence-corrected chi connectivity index (χ4v) is 2.74. The summed E-state index contributed by atoms with van der Waals surface area (Å²) in [5.74, 6) is 1.64. The molecule has 0 atom stereocenters. The molecule has 0 spiro atoms. The molecule has 21 heavy (non-hydrogen) atoms. The molecule has 0 amide bonds. The molecule has 0 saturated heterocycles. The molecular formula is C15H18BrN3O2. The second-order valence-electron chi connectivity index (χ2n) is 4.98. The molecule has 3 rings (SSSR count). The van der Waals surface area contributed by atoms with E-state index >= 15 is 0 Å². The van der Waals surface area contributed by atoms with E-state index in [1.165, 1.54) is 5.56 Å². The minimum Gasteiger partial charge on any atom is -0.454 e. The summed E-state index contributed by atoms with van der Waals surface area (Å²) in [7, 11) is 0. The van der Waals surface area contributed by atoms with Gasteiger partial charge in [0.05, 0.1) is 6.33 Å². The molecule has 0 aliphatic carbocycles. The SMILES string of the molecule is Brc1cc2c(cc1CNCCCCn1ccnc1)OCO2. The first-order valence-corrected chi connectivity index (χ1v) is 7.87. The van der Waals surface area contributed by atoms with Gasteiger partial charge in [0.25, 0.3) is 0 Å². The highest BCUT2D eigenvalue weighted by molar-refractivity contribution is 9.10. The number of nitrogens with zero attached hydrogens (tertiary/aromatic N) is 2. The lowest BCUT2D eigenvalue weighted by molar-refractivity contribution is 0.174. The van der Waals surface area contributed by atoms with E-state index in [9.17, 15) is 0 Å². The van der Waals surface area contributed by atoms with Crippen molar-refractivity contribution < 1.29 is 9.47 Å². The van der Waals surface area contributed by atoms with E-state index in [2.05, 4.69) is 30.8 Å². The van der Waals surface area contributed by atoms with Crippen LogP contribution in [0, 0.1) is 0 Å². The van der Waals surface area contributed by atoms with Gasteiger partial charge in [0, 0.05) is 30.0 Å². The lowest BCUT2D eigenvalue weighted by atomic mass is 10.2. The third-order valence-corrected chi connectivity index (χ3v) is 4.17. The van der Waals surface area contributed by atoms with Gasteiger partial charge in [0.1, 0.15) is 0 Å². The van der Waals surface area contributed by atoms with Crippen LogP contribution in [0.2, 0.25) is 0 Å². The Hall–Kier alpha value is -1.53. The highest BCUT2D eigenvalue weighted by atomic mass is 79.9. The second-order valence-corrected chi connectivity index (χ2v) is 5.84. The number of nitrogens with one attached hydrogen (secondary N) is 1. The molecule has 2 heterocycles. The number of benzene rings is 1. The van der Waals surface area contributed by atoms with Gasteiger partial charge in [-0.15, -0.1) is 0 Å². The zero-order valence-corrected chi connectivity index (χ0v) is 13.3. The maximum absolute atomic E-state index is 5.40. The Balaban J connectivity index is 1.39. The first kappa shape index (κ1) is 14.4. The summed E-state index contributed by atoms with van der Waals surface area (Å²) in [6.07, 6.45) is 7.95. The topological polar surface area (TPSA) is 48.3 Å². The first-order valence-electron chi connectivity index (χ1n) is 7.07. The van der Waals surface area contributed by atoms with Gasteiger partial charge in [-0.05, 0) is 37.1 Å². The van der Waals surface area contributed by atoms with E-state index < -0.39 is 0 Å². The zero-order valence-electron chi connectivity index (χ0n) is 11.7. The van der Waals surface area contributed by atoms with Crippen LogP contribution in [0.4, 0.5) is 0 Å². The number of hydrogen-bond acceptors (Lipinski definition) is 4. The fourth-order valence-electron chi connectivity index (χ4n) is 2.28. The smallest absolute Gasteiger partial charge is 0.231 e. The van der Waals surface area contributed by atoms with Crippen LogP contribution in [0.1, 0.15) is 18.4 Å². The monoisotopic (exact) mass is 351 g/mol. The van der Waals surface area contributed by atoms with Crippen molar-refractivity contribution in [3.05, 3.63) is 40.9 Å². The summed E-state index contributed by atoms with van der Waals surface area (Å²) in [5, 5.41) is 3.46. The molecule has 1 aromatic heterocycles. The van der Waals surface area contributed by atoms with Gasteiger partial charge >= 0.3 is 0 Å². The number of aromatic nitrogens is 2. The molecule has 5 nitrogen and oxygen atoms in total. The van der Waals surface area contributed by atoms with Crippen LogP contribution >= 0.6 is 15.9 Å². The van der Waals surface area contributed by atoms with Gasteiger partial charge in [-0.3, -0.25) is 0 Å². The zero-order chi connectivity index (χ0) is 14.5. The Morgan fingerprint density at radius 2 is 2.10 bits per heavy atom. The second kappa shape index (κ2) is 6.95. The van der Waals surface area contributed by atoms with Crippen LogP contribution in [0.15, 0.2) is 35.3 Å². The predicted molar refractivity (Wildman–Crippen MR) is 83.4 cm³/mol. The predicted octanol–water partition coefficient (Wildman–Crippen LogP) is 2.94. The van der Waals surface area contributed by atoms with Gasteiger partial charge in [-0.1, -0.05) is 15.9 Å². The summed E-state index contributed by atoms with van der Waals surface area (Å²) in [6.45, 7) is 3.15. The van der Waals surface area contributed by atoms with E-state index in [-0.39, 0.29) is 0 Å². The standard InChI is InChI=1S/C15H18BrN3O2/c16-13-8-15-14(20-11-21-15)7-12(13)9-17-3-1-2-5-19-6-4-18-10-19/h4,6-8,10,17H,1-3,5,9,11H2. The Bertz CT molecular complexity index is 587. The van der Waals surface area contributed by atoms with Crippen molar-refractivity contribution in [2.45, 2.75) is 25.9 Å². The number of rotatable bonds is 7. The maximum atomic E-state index is 5.40. The van der Waals surface area contributed by atoms with Crippen LogP contribution in [-0.2, 0) is 13.1 Å². The largest absolute Gasteiger partial charge is 0.454 e. The van der Waals surface area contributed by atoms with E-state index in [4.69, 9.17) is 9.47 Å². The number of aryl methyl sites for hydroxylation is 1. The summed E-state index contributed by atoms with van der Waals surface area (Å²) >= 11 is 3.57. The van der Waals surface area contributed by atoms with E-state index in [1.807, 2.05) is 30.9 Å². The summed E-state index contributed by atoms with van der Waals surface area (Å²) < 4.78 is 13.9. The highest BCUT2D eigenvalue weighted by Gasteiger charge is 2.15. The molecule has 1 N–H and O–H groups in total. The highest BCUT2D eigenvalue weighted by Crippen LogP contribution is 2.36. The van der Waals surface area contributed by atoms with E-state index in [0.717, 1.165) is 48.4 Å². The van der Waals surface area contributed by atoms with Crippen molar-refractivity contribution in [3.63, 3.8) is 0 Å². The third kappa shape index (κ3) is 3.77. The number of unbranched alkanes of at least 4 members (excludes halogenated alkanes) is 1. The van der Waals surface area contributed by atoms with E-state index in [0.29, 0.717) is 6.79 Å². The lowest BCUT2D eigenvalue weighted by Gasteiger charge is -2.08. The first-order chi connectivity index (χ1) is 10.3. The van der Waals surface area contributed by atoms with Gasteiger partial charge < -0.3 is 19.4 Å². The fraction of sp³-hybridized carbons (Fsp3) is 0.400. The molecule has 0 radical (unpaired) electrons. The van der Waals surface area contributed by atoms with Gasteiger partial charge in [0.15, 0.2) is 11.5 Å². The molecule has 0 unspecified atom stereocenters. The molecule has 1 aliphatic heterocycles. The number of hydrogen-bond donors (Lipinski definition) is 1. The van der Waals surface area contributed by atoms with Crippen LogP contribution in [0.3, 0.4) is 0 Å². The molecule has 112 valence electrons. The number of imidazole rings is 1. The van der Waals surface area contributed by atoms with Crippen LogP contribution in [0.5, 0.6) is 11.5 Å². The maximum Gasteiger partial charge on any atom is 0.231 e. The molecule has 0 saturated carbocycles. The number of fused-ring (bicyclic) bond motifs is 1. The van der Waals surface area contributed by atoms with Crippen LogP contribution in [0.25, 0.3) is 0 Å². The molecule has 1 aromatic carbocycles. The Morgan fingerprint density at radius 1 is 1.24 bits per heavy atom. The molecule has 0 fully saturated rings. The number of ether oxygens (including phenoxy) is 2. The van der Waals surface area contributed by atoms with Gasteiger partial charge in [-0.2, -0.15) is 0 Å². The summed E-state index contributed by atoms with van der Waals surface area (Å²) in [5.41, 5.74) is 1.19. The third-order valence-electron chi connectivity index (χ3n) is 3.44. The van der Waals surface area contributed by atoms with Crippen molar-refractivity contribution in [2.75, 3.05) is 13.3 Å². The average Bonchev–Trinajstić information content (AvgIpc) is 3.13. The molecule has 0 bridgehead atoms. The lowest BCUT2D eigenvalue weighted by Crippen LogP contribution is -2.15. The summed E-state index contributed by atoms with van der Waals surface area (Å²) in [6, 6.07) is 4.00. The van der Waals surface area contributed by atoms with E-state index in [1.54, 1.807) is 0 Å². The van der Waals surface area contributed by atoms with Crippen LogP contribution in [-0.4, -0.2) is 22.9 Å². The molecule has 1 aliphatic rings. The van der Waals surface area contributed by atoms with Crippen molar-refractivity contribution in [1.29, 1.82) is 0 Å². The molecule has 2 aromatic rings. The Labute approximate surface area is 132 Å². The number of halogens is 1. The van der Waals surface area contributed by atoms with Crippen molar-refractivity contribution >= 4 is 15.9 Å². The van der Waals surface area contributed by atoms with Crippen LogP contribution < -0.4 is 14.8 Å². The average molecular weight is 352 g/mol. The minimum absolute atomic E-state index is 0.312. The van der Waals surface area contributed by atoms with Gasteiger partial charge in [-0.25, -0.2) is 4.98 Å². The van der Waals surface area contributed by atoms with Gasteiger partial charge in [0.2, 0.25) is 6.79 Å². The molecular weight excluding hydrogens is 334 g/mol. The van der Waals surface area contributed by atoms with Crippen molar-refractivity contribution in [1.82, 2.24) is 14.9 Å². The van der Waals surface area contributed by atoms with Crippen molar-refractivity contribution in [2.24, 2.45) is 0 Å². The minimum atomic E-state index is 0.312. The van der Waals surface area contributed by atoms with Crippen molar-refractivity contribution in [3.8, 4) is 11.5 Å². The normalized spacial score (nSPS) is 12.8. The Morgan fingerprint density at radius 3 is 2.90 bits per heavy atom. The summed E-state index contributed by atoms with van der Waals surface area (Å²) in [4.78, 5) is 4.04.